The van der Waals surface area contributed by atoms with Crippen molar-refractivity contribution in [3.8, 4) is 5.75 Å². The fourth-order valence-corrected chi connectivity index (χ4v) is 3.11. The number of carbonyl (C=O) groups excluding carboxylic acids is 1. The van der Waals surface area contributed by atoms with Gasteiger partial charge in [-0.1, -0.05) is 41.9 Å². The van der Waals surface area contributed by atoms with Gasteiger partial charge in [0.2, 0.25) is 15.9 Å². The zero-order chi connectivity index (χ0) is 19.0. The van der Waals surface area contributed by atoms with Gasteiger partial charge in [0.25, 0.3) is 0 Å². The van der Waals surface area contributed by atoms with Crippen LogP contribution in [-0.4, -0.2) is 28.0 Å². The van der Waals surface area contributed by atoms with Crippen LogP contribution in [0, 0.1) is 0 Å². The largest absolute Gasteiger partial charge is 0.493 e. The first-order valence-corrected chi connectivity index (χ1v) is 10.0. The van der Waals surface area contributed by atoms with Crippen molar-refractivity contribution in [3.63, 3.8) is 0 Å². The molecule has 0 atom stereocenters. The second-order valence-corrected chi connectivity index (χ2v) is 7.98. The molecule has 2 aromatic carbocycles. The second-order valence-electron chi connectivity index (χ2n) is 5.61. The predicted molar refractivity (Wildman–Crippen MR) is 102 cm³/mol. The molecule has 140 valence electrons. The molecule has 0 aromatic heterocycles. The number of ether oxygens (including phenoxy) is 1. The van der Waals surface area contributed by atoms with Crippen LogP contribution in [-0.2, 0) is 27.1 Å². The SMILES string of the molecule is CNS(=O)(=O)Cc1ccc(CNC(=O)CCOc2cccc(Cl)c2)cc1. The normalized spacial score (nSPS) is 11.2. The van der Waals surface area contributed by atoms with E-state index in [1.165, 1.54) is 7.05 Å². The Morgan fingerprint density at radius 2 is 1.81 bits per heavy atom. The summed E-state index contributed by atoms with van der Waals surface area (Å²) in [7, 11) is -1.90. The topological polar surface area (TPSA) is 84.5 Å². The minimum atomic E-state index is -3.29. The Balaban J connectivity index is 1.73. The number of benzene rings is 2. The monoisotopic (exact) mass is 396 g/mol. The summed E-state index contributed by atoms with van der Waals surface area (Å²) in [5.74, 6) is 0.419. The molecular weight excluding hydrogens is 376 g/mol. The molecule has 0 aliphatic rings. The number of halogens is 1. The van der Waals surface area contributed by atoms with E-state index in [1.807, 2.05) is 0 Å². The van der Waals surface area contributed by atoms with Crippen LogP contribution in [0.4, 0.5) is 0 Å². The Hall–Kier alpha value is -2.09. The third-order valence-corrected chi connectivity index (χ3v) is 5.14. The van der Waals surface area contributed by atoms with Gasteiger partial charge in [-0.25, -0.2) is 13.1 Å². The molecule has 2 aromatic rings. The van der Waals surface area contributed by atoms with Crippen molar-refractivity contribution in [1.82, 2.24) is 10.0 Å². The lowest BCUT2D eigenvalue weighted by Gasteiger charge is -2.08. The molecule has 0 bridgehead atoms. The zero-order valence-corrected chi connectivity index (χ0v) is 15.9. The summed E-state index contributed by atoms with van der Waals surface area (Å²) < 4.78 is 30.8. The molecule has 0 fully saturated rings. The van der Waals surface area contributed by atoms with Gasteiger partial charge in [0.05, 0.1) is 18.8 Å². The van der Waals surface area contributed by atoms with Gasteiger partial charge in [0.1, 0.15) is 5.75 Å². The fourth-order valence-electron chi connectivity index (χ4n) is 2.15. The Kier molecular flexibility index (Phi) is 7.44. The number of rotatable bonds is 9. The lowest BCUT2D eigenvalue weighted by molar-refractivity contribution is -0.121. The molecule has 8 heteroatoms. The zero-order valence-electron chi connectivity index (χ0n) is 14.4. The molecule has 6 nitrogen and oxygen atoms in total. The standard InChI is InChI=1S/C18H21ClN2O4S/c1-20-26(23,24)13-15-7-5-14(6-8-15)12-21-18(22)9-10-25-17-4-2-3-16(19)11-17/h2-8,11,20H,9-10,12-13H2,1H3,(H,21,22). The molecule has 0 aliphatic heterocycles. The highest BCUT2D eigenvalue weighted by Gasteiger charge is 2.08. The number of amides is 1. The Bertz CT molecular complexity index is 839. The third kappa shape index (κ3) is 7.03. The van der Waals surface area contributed by atoms with E-state index < -0.39 is 10.0 Å². The molecule has 0 saturated heterocycles. The first-order valence-electron chi connectivity index (χ1n) is 8.02. The van der Waals surface area contributed by atoms with E-state index in [-0.39, 0.29) is 24.7 Å². The Labute approximate surface area is 158 Å². The van der Waals surface area contributed by atoms with E-state index >= 15 is 0 Å². The first-order chi connectivity index (χ1) is 12.4. The van der Waals surface area contributed by atoms with Crippen molar-refractivity contribution in [2.45, 2.75) is 18.7 Å². The van der Waals surface area contributed by atoms with Crippen LogP contribution in [0.2, 0.25) is 5.02 Å². The molecule has 0 aliphatic carbocycles. The lowest BCUT2D eigenvalue weighted by atomic mass is 10.1. The Morgan fingerprint density at radius 1 is 1.12 bits per heavy atom. The van der Waals surface area contributed by atoms with Gasteiger partial charge in [-0.3, -0.25) is 4.79 Å². The van der Waals surface area contributed by atoms with Crippen LogP contribution < -0.4 is 14.8 Å². The van der Waals surface area contributed by atoms with Crippen LogP contribution in [0.3, 0.4) is 0 Å². The van der Waals surface area contributed by atoms with Gasteiger partial charge in [-0.2, -0.15) is 0 Å². The summed E-state index contributed by atoms with van der Waals surface area (Å²) in [6.45, 7) is 0.627. The van der Waals surface area contributed by atoms with Crippen LogP contribution in [0.1, 0.15) is 17.5 Å². The van der Waals surface area contributed by atoms with E-state index in [9.17, 15) is 13.2 Å². The van der Waals surface area contributed by atoms with Crippen LogP contribution in [0.15, 0.2) is 48.5 Å². The number of nitrogens with one attached hydrogen (secondary N) is 2. The summed E-state index contributed by atoms with van der Waals surface area (Å²) in [4.78, 5) is 11.9. The molecule has 0 saturated carbocycles. The lowest BCUT2D eigenvalue weighted by Crippen LogP contribution is -2.24. The highest BCUT2D eigenvalue weighted by atomic mass is 35.5. The molecule has 1 amide bonds. The van der Waals surface area contributed by atoms with Crippen molar-refractivity contribution < 1.29 is 17.9 Å². The maximum absolute atomic E-state index is 11.9. The minimum absolute atomic E-state index is 0.0724. The molecule has 0 unspecified atom stereocenters. The van der Waals surface area contributed by atoms with E-state index in [1.54, 1.807) is 48.5 Å². The average Bonchev–Trinajstić information content (AvgIpc) is 2.61. The second kappa shape index (κ2) is 9.56. The van der Waals surface area contributed by atoms with Gasteiger partial charge in [0.15, 0.2) is 0 Å². The Morgan fingerprint density at radius 3 is 2.46 bits per heavy atom. The van der Waals surface area contributed by atoms with Gasteiger partial charge in [-0.05, 0) is 36.4 Å². The molecule has 0 spiro atoms. The fraction of sp³-hybridized carbons (Fsp3) is 0.278. The van der Waals surface area contributed by atoms with Crippen molar-refractivity contribution in [2.75, 3.05) is 13.7 Å². The first kappa shape index (κ1) is 20.2. The van der Waals surface area contributed by atoms with Gasteiger partial charge >= 0.3 is 0 Å². The van der Waals surface area contributed by atoms with Crippen molar-refractivity contribution in [1.29, 1.82) is 0 Å². The summed E-state index contributed by atoms with van der Waals surface area (Å²) in [6, 6.07) is 14.1. The van der Waals surface area contributed by atoms with Crippen LogP contribution in [0.5, 0.6) is 5.75 Å². The number of hydrogen-bond acceptors (Lipinski definition) is 4. The molecular formula is C18H21ClN2O4S. The molecule has 0 heterocycles. The van der Waals surface area contributed by atoms with E-state index in [0.29, 0.717) is 22.9 Å². The molecule has 2 rings (SSSR count). The smallest absolute Gasteiger partial charge is 0.223 e. The van der Waals surface area contributed by atoms with Gasteiger partial charge in [-0.15, -0.1) is 0 Å². The molecule has 26 heavy (non-hydrogen) atoms. The van der Waals surface area contributed by atoms with Crippen LogP contribution in [0.25, 0.3) is 0 Å². The summed E-state index contributed by atoms with van der Waals surface area (Å²) in [5, 5.41) is 3.38. The van der Waals surface area contributed by atoms with Gasteiger partial charge in [0, 0.05) is 11.6 Å². The summed E-state index contributed by atoms with van der Waals surface area (Å²) in [6.07, 6.45) is 0.227. The number of sulfonamides is 1. The highest BCUT2D eigenvalue weighted by molar-refractivity contribution is 7.88. The number of carbonyl (C=O) groups is 1. The van der Waals surface area contributed by atoms with Crippen molar-refractivity contribution in [3.05, 3.63) is 64.7 Å². The molecule has 0 radical (unpaired) electrons. The van der Waals surface area contributed by atoms with Crippen molar-refractivity contribution in [2.24, 2.45) is 0 Å². The maximum Gasteiger partial charge on any atom is 0.223 e. The third-order valence-electron chi connectivity index (χ3n) is 3.57. The molecule has 2 N–H and O–H groups in total. The predicted octanol–water partition coefficient (Wildman–Crippen LogP) is 2.47. The summed E-state index contributed by atoms with van der Waals surface area (Å²) in [5.41, 5.74) is 1.57. The number of hydrogen-bond donors (Lipinski definition) is 2. The van der Waals surface area contributed by atoms with Crippen molar-refractivity contribution >= 4 is 27.5 Å². The minimum Gasteiger partial charge on any atom is -0.493 e. The summed E-state index contributed by atoms with van der Waals surface area (Å²) >= 11 is 5.86. The van der Waals surface area contributed by atoms with E-state index in [4.69, 9.17) is 16.3 Å². The maximum atomic E-state index is 11.9. The highest BCUT2D eigenvalue weighted by Crippen LogP contribution is 2.17. The van der Waals surface area contributed by atoms with E-state index in [2.05, 4.69) is 10.0 Å². The van der Waals surface area contributed by atoms with Crippen LogP contribution >= 0.6 is 11.6 Å². The average molecular weight is 397 g/mol. The van der Waals surface area contributed by atoms with Gasteiger partial charge < -0.3 is 10.1 Å². The van der Waals surface area contributed by atoms with E-state index in [0.717, 1.165) is 5.56 Å². The quantitative estimate of drug-likeness (QED) is 0.682.